The van der Waals surface area contributed by atoms with Crippen LogP contribution in [0.4, 0.5) is 8.78 Å². The summed E-state index contributed by atoms with van der Waals surface area (Å²) in [5.41, 5.74) is 1.10. The van der Waals surface area contributed by atoms with Gasteiger partial charge in [0, 0.05) is 11.5 Å². The standard InChI is InChI=1S/C15H16F2O/c1-15(2)5-3-4-8-13(15)9-6-11(16)12(17)7-10(9)14(8)18/h6-8,13H,3-5H2,1-2H3/t8-,13+/m0/s1. The van der Waals surface area contributed by atoms with Gasteiger partial charge >= 0.3 is 0 Å². The average molecular weight is 250 g/mol. The molecule has 18 heavy (non-hydrogen) atoms. The Morgan fingerprint density at radius 3 is 2.61 bits per heavy atom. The summed E-state index contributed by atoms with van der Waals surface area (Å²) < 4.78 is 26.7. The number of Topliss-reactive ketones (excluding diaryl/α,β-unsaturated/α-hetero) is 1. The summed E-state index contributed by atoms with van der Waals surface area (Å²) in [6, 6.07) is 2.32. The van der Waals surface area contributed by atoms with Crippen molar-refractivity contribution in [3.8, 4) is 0 Å². The molecule has 0 heterocycles. The van der Waals surface area contributed by atoms with Gasteiger partial charge in [-0.05, 0) is 41.9 Å². The normalized spacial score (nSPS) is 29.0. The Bertz CT molecular complexity index is 534. The zero-order chi connectivity index (χ0) is 13.1. The van der Waals surface area contributed by atoms with Crippen LogP contribution in [0, 0.1) is 23.0 Å². The van der Waals surface area contributed by atoms with Crippen molar-refractivity contribution in [2.75, 3.05) is 0 Å². The van der Waals surface area contributed by atoms with Gasteiger partial charge in [0.05, 0.1) is 0 Å². The van der Waals surface area contributed by atoms with E-state index >= 15 is 0 Å². The van der Waals surface area contributed by atoms with E-state index in [0.717, 1.165) is 25.3 Å². The minimum absolute atomic E-state index is 0.00155. The minimum Gasteiger partial charge on any atom is -0.294 e. The van der Waals surface area contributed by atoms with Crippen LogP contribution in [0.5, 0.6) is 0 Å². The van der Waals surface area contributed by atoms with E-state index in [1.54, 1.807) is 0 Å². The highest BCUT2D eigenvalue weighted by molar-refractivity contribution is 6.03. The summed E-state index contributed by atoms with van der Waals surface area (Å²) in [5.74, 6) is -1.79. The molecule has 1 aromatic carbocycles. The molecular weight excluding hydrogens is 234 g/mol. The van der Waals surface area contributed by atoms with E-state index in [-0.39, 0.29) is 23.0 Å². The van der Waals surface area contributed by atoms with Crippen LogP contribution in [0.3, 0.4) is 0 Å². The minimum atomic E-state index is -0.918. The number of hydrogen-bond donors (Lipinski definition) is 0. The third-order valence-corrected chi connectivity index (χ3v) is 4.61. The van der Waals surface area contributed by atoms with E-state index in [1.165, 1.54) is 6.07 Å². The number of benzene rings is 1. The number of carbonyl (C=O) groups excluding carboxylic acids is 1. The summed E-state index contributed by atoms with van der Waals surface area (Å²) in [7, 11) is 0. The van der Waals surface area contributed by atoms with Crippen molar-refractivity contribution >= 4 is 5.78 Å². The Kier molecular flexibility index (Phi) is 2.38. The van der Waals surface area contributed by atoms with Crippen molar-refractivity contribution in [3.05, 3.63) is 34.9 Å². The summed E-state index contributed by atoms with van der Waals surface area (Å²) in [4.78, 5) is 12.3. The maximum atomic E-state index is 13.4. The Balaban J connectivity index is 2.19. The molecule has 0 saturated heterocycles. The van der Waals surface area contributed by atoms with Crippen molar-refractivity contribution in [2.24, 2.45) is 11.3 Å². The molecule has 1 aromatic rings. The summed E-state index contributed by atoms with van der Waals surface area (Å²) in [6.07, 6.45) is 2.88. The van der Waals surface area contributed by atoms with Crippen LogP contribution in [0.25, 0.3) is 0 Å². The van der Waals surface area contributed by atoms with Crippen LogP contribution in [-0.4, -0.2) is 5.78 Å². The Morgan fingerprint density at radius 1 is 1.22 bits per heavy atom. The first kappa shape index (κ1) is 11.8. The number of ketones is 1. The molecule has 2 aliphatic carbocycles. The lowest BCUT2D eigenvalue weighted by atomic mass is 9.63. The van der Waals surface area contributed by atoms with Gasteiger partial charge in [0.25, 0.3) is 0 Å². The molecule has 0 aliphatic heterocycles. The number of fused-ring (bicyclic) bond motifs is 3. The van der Waals surface area contributed by atoms with Crippen molar-refractivity contribution < 1.29 is 13.6 Å². The van der Waals surface area contributed by atoms with E-state index in [4.69, 9.17) is 0 Å². The molecule has 3 rings (SSSR count). The quantitative estimate of drug-likeness (QED) is 0.678. The van der Waals surface area contributed by atoms with Crippen molar-refractivity contribution in [1.82, 2.24) is 0 Å². The van der Waals surface area contributed by atoms with Gasteiger partial charge in [-0.3, -0.25) is 4.79 Å². The molecule has 0 spiro atoms. The van der Waals surface area contributed by atoms with Gasteiger partial charge in [0.15, 0.2) is 17.4 Å². The molecule has 1 saturated carbocycles. The molecule has 2 atom stereocenters. The molecule has 1 nitrogen and oxygen atoms in total. The molecular formula is C15H16F2O. The zero-order valence-electron chi connectivity index (χ0n) is 10.6. The largest absolute Gasteiger partial charge is 0.294 e. The molecule has 1 fully saturated rings. The highest BCUT2D eigenvalue weighted by Crippen LogP contribution is 2.55. The SMILES string of the molecule is CC1(C)CCC[C@@H]2C(=O)c3cc(F)c(F)cc3[C@@H]21. The zero-order valence-corrected chi connectivity index (χ0v) is 10.6. The van der Waals surface area contributed by atoms with Crippen LogP contribution in [-0.2, 0) is 0 Å². The first-order valence-electron chi connectivity index (χ1n) is 6.45. The monoisotopic (exact) mass is 250 g/mol. The maximum absolute atomic E-state index is 13.4. The Morgan fingerprint density at radius 2 is 1.89 bits per heavy atom. The average Bonchev–Trinajstić information content (AvgIpc) is 2.55. The summed E-state index contributed by atoms with van der Waals surface area (Å²) in [5, 5.41) is 0. The molecule has 0 amide bonds. The summed E-state index contributed by atoms with van der Waals surface area (Å²) in [6.45, 7) is 4.24. The van der Waals surface area contributed by atoms with Crippen LogP contribution < -0.4 is 0 Å². The molecule has 0 N–H and O–H groups in total. The van der Waals surface area contributed by atoms with Crippen LogP contribution in [0.15, 0.2) is 12.1 Å². The predicted octanol–water partition coefficient (Wildman–Crippen LogP) is 4.07. The molecule has 2 aliphatic rings. The molecule has 0 bridgehead atoms. The Labute approximate surface area is 105 Å². The molecule has 0 radical (unpaired) electrons. The predicted molar refractivity (Wildman–Crippen MR) is 64.6 cm³/mol. The topological polar surface area (TPSA) is 17.1 Å². The van der Waals surface area contributed by atoms with E-state index in [9.17, 15) is 13.6 Å². The fourth-order valence-electron chi connectivity index (χ4n) is 3.80. The van der Waals surface area contributed by atoms with Gasteiger partial charge in [-0.25, -0.2) is 8.78 Å². The van der Waals surface area contributed by atoms with Crippen molar-refractivity contribution in [1.29, 1.82) is 0 Å². The lowest BCUT2D eigenvalue weighted by Crippen LogP contribution is -2.32. The van der Waals surface area contributed by atoms with Crippen LogP contribution in [0.2, 0.25) is 0 Å². The van der Waals surface area contributed by atoms with Gasteiger partial charge in [0.1, 0.15) is 0 Å². The van der Waals surface area contributed by atoms with Gasteiger partial charge in [-0.15, -0.1) is 0 Å². The second-order valence-electron chi connectivity index (χ2n) is 6.18. The fourth-order valence-corrected chi connectivity index (χ4v) is 3.80. The number of halogens is 2. The highest BCUT2D eigenvalue weighted by Gasteiger charge is 2.49. The number of rotatable bonds is 0. The van der Waals surface area contributed by atoms with Gasteiger partial charge in [0.2, 0.25) is 0 Å². The molecule has 0 aromatic heterocycles. The van der Waals surface area contributed by atoms with E-state index in [1.807, 2.05) is 0 Å². The Hall–Kier alpha value is -1.25. The second-order valence-corrected chi connectivity index (χ2v) is 6.18. The van der Waals surface area contributed by atoms with Crippen molar-refractivity contribution in [2.45, 2.75) is 39.0 Å². The van der Waals surface area contributed by atoms with Gasteiger partial charge < -0.3 is 0 Å². The number of carbonyl (C=O) groups is 1. The third kappa shape index (κ3) is 1.46. The van der Waals surface area contributed by atoms with E-state index in [0.29, 0.717) is 11.1 Å². The fraction of sp³-hybridized carbons (Fsp3) is 0.533. The van der Waals surface area contributed by atoms with Crippen LogP contribution in [0.1, 0.15) is 54.9 Å². The number of hydrogen-bond acceptors (Lipinski definition) is 1. The van der Waals surface area contributed by atoms with Gasteiger partial charge in [-0.2, -0.15) is 0 Å². The second kappa shape index (κ2) is 3.62. The van der Waals surface area contributed by atoms with Crippen molar-refractivity contribution in [3.63, 3.8) is 0 Å². The smallest absolute Gasteiger partial charge is 0.166 e. The lowest BCUT2D eigenvalue weighted by Gasteiger charge is -2.40. The molecule has 0 unspecified atom stereocenters. The molecule has 3 heteroatoms. The van der Waals surface area contributed by atoms with Crippen LogP contribution >= 0.6 is 0 Å². The van der Waals surface area contributed by atoms with E-state index in [2.05, 4.69) is 13.8 Å². The summed E-state index contributed by atoms with van der Waals surface area (Å²) >= 11 is 0. The third-order valence-electron chi connectivity index (χ3n) is 4.61. The van der Waals surface area contributed by atoms with Gasteiger partial charge in [-0.1, -0.05) is 20.3 Å². The maximum Gasteiger partial charge on any atom is 0.166 e. The van der Waals surface area contributed by atoms with E-state index < -0.39 is 11.6 Å². The first-order chi connectivity index (χ1) is 8.42. The lowest BCUT2D eigenvalue weighted by molar-refractivity contribution is 0.0794. The first-order valence-corrected chi connectivity index (χ1v) is 6.45. The highest BCUT2D eigenvalue weighted by atomic mass is 19.2. The molecule has 96 valence electrons.